The summed E-state index contributed by atoms with van der Waals surface area (Å²) in [6.07, 6.45) is 6.65. The molecule has 0 aromatic heterocycles. The maximum Gasteiger partial charge on any atom is 0.0544 e. The lowest BCUT2D eigenvalue weighted by Crippen LogP contribution is -2.36. The molecule has 2 heteroatoms. The van der Waals surface area contributed by atoms with Crippen molar-refractivity contribution >= 4 is 0 Å². The maximum atomic E-state index is 5.64. The van der Waals surface area contributed by atoms with E-state index in [-0.39, 0.29) is 5.54 Å². The molecule has 98 valence electrons. The minimum atomic E-state index is 0.264. The molecule has 0 saturated heterocycles. The molecule has 0 amide bonds. The molecule has 0 fully saturated rings. The lowest BCUT2D eigenvalue weighted by molar-refractivity contribution is 0.0608. The second kappa shape index (κ2) is 9.00. The van der Waals surface area contributed by atoms with Gasteiger partial charge in [-0.05, 0) is 53.5 Å². The first-order chi connectivity index (χ1) is 7.45. The van der Waals surface area contributed by atoms with E-state index in [0.717, 1.165) is 19.6 Å². The van der Waals surface area contributed by atoms with Crippen molar-refractivity contribution in [3.63, 3.8) is 0 Å². The standard InChI is InChI=1S/C14H31NO/c1-6-13(2)16-12-10-8-7-9-11-15-14(3,4)5/h13,15H,6-12H2,1-5H3. The minimum absolute atomic E-state index is 0.264. The highest BCUT2D eigenvalue weighted by Gasteiger charge is 2.06. The fraction of sp³-hybridized carbons (Fsp3) is 1.00. The summed E-state index contributed by atoms with van der Waals surface area (Å²) < 4.78 is 5.64. The summed E-state index contributed by atoms with van der Waals surface area (Å²) >= 11 is 0. The van der Waals surface area contributed by atoms with Gasteiger partial charge in [0, 0.05) is 12.1 Å². The first-order valence-electron chi connectivity index (χ1n) is 6.82. The normalized spacial score (nSPS) is 14.1. The number of hydrogen-bond donors (Lipinski definition) is 1. The van der Waals surface area contributed by atoms with Crippen LogP contribution in [0.3, 0.4) is 0 Å². The van der Waals surface area contributed by atoms with Crippen LogP contribution in [-0.2, 0) is 4.74 Å². The van der Waals surface area contributed by atoms with E-state index in [1.807, 2.05) is 0 Å². The van der Waals surface area contributed by atoms with Crippen LogP contribution in [0.5, 0.6) is 0 Å². The molecule has 16 heavy (non-hydrogen) atoms. The predicted octanol–water partition coefficient (Wildman–Crippen LogP) is 3.75. The van der Waals surface area contributed by atoms with E-state index in [0.29, 0.717) is 6.10 Å². The summed E-state index contributed by atoms with van der Waals surface area (Å²) in [5.74, 6) is 0. The molecule has 0 aliphatic rings. The van der Waals surface area contributed by atoms with Gasteiger partial charge in [0.1, 0.15) is 0 Å². The van der Waals surface area contributed by atoms with Crippen molar-refractivity contribution in [1.29, 1.82) is 0 Å². The molecule has 0 rings (SSSR count). The zero-order valence-electron chi connectivity index (χ0n) is 11.9. The first kappa shape index (κ1) is 15.9. The van der Waals surface area contributed by atoms with Gasteiger partial charge in [-0.1, -0.05) is 19.8 Å². The van der Waals surface area contributed by atoms with Gasteiger partial charge < -0.3 is 10.1 Å². The Morgan fingerprint density at radius 3 is 2.25 bits per heavy atom. The molecule has 2 nitrogen and oxygen atoms in total. The van der Waals surface area contributed by atoms with Crippen LogP contribution in [0.4, 0.5) is 0 Å². The highest BCUT2D eigenvalue weighted by molar-refractivity contribution is 4.69. The van der Waals surface area contributed by atoms with Crippen LogP contribution in [0.2, 0.25) is 0 Å². The van der Waals surface area contributed by atoms with Crippen LogP contribution < -0.4 is 5.32 Å². The van der Waals surface area contributed by atoms with Crippen molar-refractivity contribution in [1.82, 2.24) is 5.32 Å². The lowest BCUT2D eigenvalue weighted by atomic mass is 10.1. The molecule has 0 aromatic carbocycles. The third kappa shape index (κ3) is 12.0. The Hall–Kier alpha value is -0.0800. The van der Waals surface area contributed by atoms with Gasteiger partial charge in [0.2, 0.25) is 0 Å². The Bertz CT molecular complexity index is 151. The van der Waals surface area contributed by atoms with Gasteiger partial charge in [0.15, 0.2) is 0 Å². The average Bonchev–Trinajstić information content (AvgIpc) is 2.20. The molecule has 0 radical (unpaired) electrons. The van der Waals surface area contributed by atoms with Crippen LogP contribution >= 0.6 is 0 Å². The van der Waals surface area contributed by atoms with Crippen LogP contribution in [0, 0.1) is 0 Å². The summed E-state index contributed by atoms with van der Waals surface area (Å²) in [5.41, 5.74) is 0.264. The number of unbranched alkanes of at least 4 members (excludes halogenated alkanes) is 3. The molecule has 0 aromatic rings. The van der Waals surface area contributed by atoms with Gasteiger partial charge in [-0.2, -0.15) is 0 Å². The summed E-state index contributed by atoms with van der Waals surface area (Å²) in [7, 11) is 0. The molecule has 1 N–H and O–H groups in total. The Kier molecular flexibility index (Phi) is 8.96. The molecular formula is C14H31NO. The number of nitrogens with one attached hydrogen (secondary N) is 1. The highest BCUT2D eigenvalue weighted by atomic mass is 16.5. The van der Waals surface area contributed by atoms with Crippen molar-refractivity contribution in [3.05, 3.63) is 0 Å². The van der Waals surface area contributed by atoms with Crippen LogP contribution in [0.15, 0.2) is 0 Å². The van der Waals surface area contributed by atoms with E-state index in [1.54, 1.807) is 0 Å². The van der Waals surface area contributed by atoms with Gasteiger partial charge in [0.05, 0.1) is 6.10 Å². The monoisotopic (exact) mass is 229 g/mol. The third-order valence-corrected chi connectivity index (χ3v) is 2.70. The van der Waals surface area contributed by atoms with Gasteiger partial charge in [-0.3, -0.25) is 0 Å². The topological polar surface area (TPSA) is 21.3 Å². The second-order valence-electron chi connectivity index (χ2n) is 5.68. The minimum Gasteiger partial charge on any atom is -0.379 e. The summed E-state index contributed by atoms with van der Waals surface area (Å²) in [4.78, 5) is 0. The Morgan fingerprint density at radius 2 is 1.69 bits per heavy atom. The quantitative estimate of drug-likeness (QED) is 0.608. The molecule has 0 saturated carbocycles. The summed E-state index contributed by atoms with van der Waals surface area (Å²) in [5, 5.41) is 3.51. The molecule has 1 atom stereocenters. The Morgan fingerprint density at radius 1 is 1.06 bits per heavy atom. The maximum absolute atomic E-state index is 5.64. The number of hydrogen-bond acceptors (Lipinski definition) is 2. The molecule has 0 aliphatic carbocycles. The molecular weight excluding hydrogens is 198 g/mol. The third-order valence-electron chi connectivity index (χ3n) is 2.70. The number of rotatable bonds is 9. The number of ether oxygens (including phenoxy) is 1. The van der Waals surface area contributed by atoms with Gasteiger partial charge in [0.25, 0.3) is 0 Å². The van der Waals surface area contributed by atoms with Gasteiger partial charge in [-0.15, -0.1) is 0 Å². The van der Waals surface area contributed by atoms with E-state index >= 15 is 0 Å². The van der Waals surface area contributed by atoms with Crippen LogP contribution in [0.1, 0.15) is 66.7 Å². The second-order valence-corrected chi connectivity index (χ2v) is 5.68. The van der Waals surface area contributed by atoms with Gasteiger partial charge >= 0.3 is 0 Å². The van der Waals surface area contributed by atoms with Crippen molar-refractivity contribution < 1.29 is 4.74 Å². The predicted molar refractivity (Wildman–Crippen MR) is 71.9 cm³/mol. The fourth-order valence-corrected chi connectivity index (χ4v) is 1.45. The van der Waals surface area contributed by atoms with E-state index in [2.05, 4.69) is 39.9 Å². The first-order valence-corrected chi connectivity index (χ1v) is 6.82. The Balaban J connectivity index is 3.10. The van der Waals surface area contributed by atoms with E-state index < -0.39 is 0 Å². The van der Waals surface area contributed by atoms with E-state index in [9.17, 15) is 0 Å². The fourth-order valence-electron chi connectivity index (χ4n) is 1.45. The van der Waals surface area contributed by atoms with Crippen molar-refractivity contribution in [2.75, 3.05) is 13.2 Å². The average molecular weight is 229 g/mol. The SMILES string of the molecule is CCC(C)OCCCCCCNC(C)(C)C. The zero-order valence-corrected chi connectivity index (χ0v) is 11.9. The van der Waals surface area contributed by atoms with E-state index in [4.69, 9.17) is 4.74 Å². The molecule has 1 unspecified atom stereocenters. The molecule has 0 spiro atoms. The molecule has 0 bridgehead atoms. The van der Waals surface area contributed by atoms with Crippen molar-refractivity contribution in [2.24, 2.45) is 0 Å². The van der Waals surface area contributed by atoms with Crippen molar-refractivity contribution in [2.45, 2.75) is 78.4 Å². The highest BCUT2D eigenvalue weighted by Crippen LogP contribution is 2.04. The van der Waals surface area contributed by atoms with Gasteiger partial charge in [-0.25, -0.2) is 0 Å². The summed E-state index contributed by atoms with van der Waals surface area (Å²) in [6.45, 7) is 13.0. The lowest BCUT2D eigenvalue weighted by Gasteiger charge is -2.20. The molecule has 0 aliphatic heterocycles. The smallest absolute Gasteiger partial charge is 0.0544 e. The summed E-state index contributed by atoms with van der Waals surface area (Å²) in [6, 6.07) is 0. The largest absolute Gasteiger partial charge is 0.379 e. The molecule has 0 heterocycles. The van der Waals surface area contributed by atoms with Crippen molar-refractivity contribution in [3.8, 4) is 0 Å². The Labute approximate surface area is 102 Å². The van der Waals surface area contributed by atoms with E-state index in [1.165, 1.54) is 25.7 Å². The zero-order chi connectivity index (χ0) is 12.4. The van der Waals surface area contributed by atoms with Crippen LogP contribution in [-0.4, -0.2) is 24.8 Å². The van der Waals surface area contributed by atoms with Crippen LogP contribution in [0.25, 0.3) is 0 Å².